The van der Waals surface area contributed by atoms with Gasteiger partial charge in [-0.3, -0.25) is 9.69 Å². The molecule has 1 aliphatic heterocycles. The molecular weight excluding hydrogens is 398 g/mol. The number of carbonyl (C=O) groups excluding carboxylic acids is 2. The lowest BCUT2D eigenvalue weighted by Crippen LogP contribution is -2.43. The summed E-state index contributed by atoms with van der Waals surface area (Å²) in [4.78, 5) is 31.4. The first kappa shape index (κ1) is 20.1. The Labute approximate surface area is 179 Å². The van der Waals surface area contributed by atoms with Gasteiger partial charge in [-0.05, 0) is 31.4 Å². The van der Waals surface area contributed by atoms with Crippen molar-refractivity contribution in [3.8, 4) is 11.3 Å². The van der Waals surface area contributed by atoms with Gasteiger partial charge in [0.05, 0.1) is 5.69 Å². The molecule has 0 spiro atoms. The monoisotopic (exact) mass is 421 g/mol. The number of benzene rings is 2. The van der Waals surface area contributed by atoms with Crippen LogP contribution in [-0.2, 0) is 16.1 Å². The normalized spacial score (nSPS) is 15.8. The van der Waals surface area contributed by atoms with Crippen LogP contribution in [0.5, 0.6) is 0 Å². The topological polar surface area (TPSA) is 71.5 Å². The molecule has 1 atom stereocenters. The summed E-state index contributed by atoms with van der Waals surface area (Å²) in [6.45, 7) is 2.74. The molecule has 1 aliphatic rings. The minimum absolute atomic E-state index is 0.191. The van der Waals surface area contributed by atoms with E-state index in [0.29, 0.717) is 18.1 Å². The van der Waals surface area contributed by atoms with Crippen molar-refractivity contribution < 1.29 is 14.3 Å². The van der Waals surface area contributed by atoms with Gasteiger partial charge in [-0.15, -0.1) is 11.3 Å². The zero-order valence-electron chi connectivity index (χ0n) is 16.7. The van der Waals surface area contributed by atoms with E-state index in [1.165, 1.54) is 16.2 Å². The Bertz CT molecular complexity index is 1030. The van der Waals surface area contributed by atoms with Gasteiger partial charge in [0.1, 0.15) is 12.6 Å². The molecule has 1 fully saturated rings. The van der Waals surface area contributed by atoms with Crippen molar-refractivity contribution in [2.45, 2.75) is 32.4 Å². The maximum absolute atomic E-state index is 12.8. The zero-order chi connectivity index (χ0) is 20.9. The highest BCUT2D eigenvalue weighted by atomic mass is 32.1. The molecule has 1 aromatic heterocycles. The number of aryl methyl sites for hydroxylation is 1. The highest BCUT2D eigenvalue weighted by Crippen LogP contribution is 2.27. The van der Waals surface area contributed by atoms with Gasteiger partial charge >= 0.3 is 6.09 Å². The average Bonchev–Trinajstić information content (AvgIpc) is 3.43. The number of hydrogen-bond acceptors (Lipinski definition) is 5. The highest BCUT2D eigenvalue weighted by Gasteiger charge is 2.35. The fourth-order valence-electron chi connectivity index (χ4n) is 3.52. The number of likely N-dealkylation sites (tertiary alicyclic amines) is 1. The second kappa shape index (κ2) is 9.09. The predicted molar refractivity (Wildman–Crippen MR) is 117 cm³/mol. The van der Waals surface area contributed by atoms with Crippen LogP contribution in [0.2, 0.25) is 0 Å². The Morgan fingerprint density at radius 1 is 1.20 bits per heavy atom. The second-order valence-corrected chi connectivity index (χ2v) is 8.15. The SMILES string of the molecule is Cc1cccc(-c2csc(NC(=O)[C@H]3CCCN3C(=O)OCc3ccccc3)n2)c1. The summed E-state index contributed by atoms with van der Waals surface area (Å²) < 4.78 is 5.41. The predicted octanol–water partition coefficient (Wildman–Crippen LogP) is 4.86. The number of amides is 2. The number of thiazole rings is 1. The van der Waals surface area contributed by atoms with E-state index in [1.807, 2.05) is 60.8 Å². The van der Waals surface area contributed by atoms with Gasteiger partial charge in [0.15, 0.2) is 5.13 Å². The summed E-state index contributed by atoms with van der Waals surface area (Å²) in [5.74, 6) is -0.227. The lowest BCUT2D eigenvalue weighted by molar-refractivity contribution is -0.120. The van der Waals surface area contributed by atoms with E-state index in [9.17, 15) is 9.59 Å². The van der Waals surface area contributed by atoms with Crippen LogP contribution in [0.3, 0.4) is 0 Å². The van der Waals surface area contributed by atoms with Crippen LogP contribution in [-0.4, -0.2) is 34.5 Å². The van der Waals surface area contributed by atoms with Crippen molar-refractivity contribution in [2.75, 3.05) is 11.9 Å². The fourth-order valence-corrected chi connectivity index (χ4v) is 4.24. The third-order valence-electron chi connectivity index (χ3n) is 5.04. The van der Waals surface area contributed by atoms with Crippen molar-refractivity contribution in [3.05, 3.63) is 71.1 Å². The Morgan fingerprint density at radius 3 is 2.83 bits per heavy atom. The summed E-state index contributed by atoms with van der Waals surface area (Å²) in [6.07, 6.45) is 0.920. The number of nitrogens with zero attached hydrogens (tertiary/aromatic N) is 2. The van der Waals surface area contributed by atoms with Gasteiger partial charge in [-0.1, -0.05) is 54.1 Å². The average molecular weight is 422 g/mol. The summed E-state index contributed by atoms with van der Waals surface area (Å²) >= 11 is 1.38. The van der Waals surface area contributed by atoms with Crippen LogP contribution in [0.25, 0.3) is 11.3 Å². The number of rotatable bonds is 5. The minimum atomic E-state index is -0.542. The molecule has 30 heavy (non-hydrogen) atoms. The molecule has 6 nitrogen and oxygen atoms in total. The van der Waals surface area contributed by atoms with Crippen molar-refractivity contribution in [1.29, 1.82) is 0 Å². The highest BCUT2D eigenvalue weighted by molar-refractivity contribution is 7.14. The van der Waals surface area contributed by atoms with E-state index in [0.717, 1.165) is 28.8 Å². The molecule has 0 unspecified atom stereocenters. The Morgan fingerprint density at radius 2 is 2.03 bits per heavy atom. The largest absolute Gasteiger partial charge is 0.445 e. The smallest absolute Gasteiger partial charge is 0.410 e. The van der Waals surface area contributed by atoms with Crippen LogP contribution in [0.4, 0.5) is 9.93 Å². The summed E-state index contributed by atoms with van der Waals surface area (Å²) in [5, 5.41) is 5.32. The number of ether oxygens (including phenoxy) is 1. The molecule has 0 bridgehead atoms. The molecule has 2 heterocycles. The fraction of sp³-hybridized carbons (Fsp3) is 0.261. The van der Waals surface area contributed by atoms with Gasteiger partial charge < -0.3 is 10.1 Å². The van der Waals surface area contributed by atoms with Crippen LogP contribution >= 0.6 is 11.3 Å². The number of hydrogen-bond donors (Lipinski definition) is 1. The molecule has 1 saturated heterocycles. The summed E-state index contributed by atoms with van der Waals surface area (Å²) in [7, 11) is 0. The van der Waals surface area contributed by atoms with Crippen molar-refractivity contribution >= 4 is 28.5 Å². The molecule has 0 radical (unpaired) electrons. The Hall–Kier alpha value is -3.19. The number of carbonyl (C=O) groups is 2. The van der Waals surface area contributed by atoms with Crippen LogP contribution in [0, 0.1) is 6.92 Å². The molecule has 1 N–H and O–H groups in total. The lowest BCUT2D eigenvalue weighted by Gasteiger charge is -2.22. The van der Waals surface area contributed by atoms with Crippen molar-refractivity contribution in [2.24, 2.45) is 0 Å². The van der Waals surface area contributed by atoms with E-state index in [1.54, 1.807) is 0 Å². The van der Waals surface area contributed by atoms with Gasteiger partial charge in [-0.25, -0.2) is 9.78 Å². The number of aromatic nitrogens is 1. The van der Waals surface area contributed by atoms with Crippen LogP contribution < -0.4 is 5.32 Å². The van der Waals surface area contributed by atoms with Gasteiger partial charge in [-0.2, -0.15) is 0 Å². The molecule has 0 aliphatic carbocycles. The van der Waals surface area contributed by atoms with Crippen LogP contribution in [0.1, 0.15) is 24.0 Å². The number of nitrogens with one attached hydrogen (secondary N) is 1. The van der Waals surface area contributed by atoms with Crippen molar-refractivity contribution in [1.82, 2.24) is 9.88 Å². The lowest BCUT2D eigenvalue weighted by atomic mass is 10.1. The first-order valence-corrected chi connectivity index (χ1v) is 10.8. The van der Waals surface area contributed by atoms with E-state index in [2.05, 4.69) is 16.4 Å². The molecule has 4 rings (SSSR count). The standard InChI is InChI=1S/C23H23N3O3S/c1-16-7-5-10-18(13-16)19-15-30-22(24-19)25-21(27)20-11-6-12-26(20)23(28)29-14-17-8-3-2-4-9-17/h2-5,7-10,13,15,20H,6,11-12,14H2,1H3,(H,24,25,27)/t20-/m1/s1. The van der Waals surface area contributed by atoms with Gasteiger partial charge in [0, 0.05) is 17.5 Å². The van der Waals surface area contributed by atoms with E-state index >= 15 is 0 Å². The molecule has 2 amide bonds. The van der Waals surface area contributed by atoms with E-state index < -0.39 is 12.1 Å². The van der Waals surface area contributed by atoms with Crippen molar-refractivity contribution in [3.63, 3.8) is 0 Å². The van der Waals surface area contributed by atoms with Gasteiger partial charge in [0.2, 0.25) is 5.91 Å². The van der Waals surface area contributed by atoms with Gasteiger partial charge in [0.25, 0.3) is 0 Å². The molecule has 154 valence electrons. The van der Waals surface area contributed by atoms with Crippen LogP contribution in [0.15, 0.2) is 60.0 Å². The third-order valence-corrected chi connectivity index (χ3v) is 5.80. The molecule has 3 aromatic rings. The molecule has 7 heteroatoms. The van der Waals surface area contributed by atoms with E-state index in [4.69, 9.17) is 4.74 Å². The second-order valence-electron chi connectivity index (χ2n) is 7.29. The maximum Gasteiger partial charge on any atom is 0.410 e. The minimum Gasteiger partial charge on any atom is -0.445 e. The Kier molecular flexibility index (Phi) is 6.09. The maximum atomic E-state index is 12.8. The third kappa shape index (κ3) is 4.68. The zero-order valence-corrected chi connectivity index (χ0v) is 17.5. The summed E-state index contributed by atoms with van der Waals surface area (Å²) in [5.41, 5.74) is 3.91. The quantitative estimate of drug-likeness (QED) is 0.639. The Balaban J connectivity index is 1.37. The molecule has 0 saturated carbocycles. The van der Waals surface area contributed by atoms with E-state index in [-0.39, 0.29) is 12.5 Å². The molecular formula is C23H23N3O3S. The summed E-state index contributed by atoms with van der Waals surface area (Å²) in [6, 6.07) is 17.0. The molecule has 2 aromatic carbocycles. The number of anilines is 1. The first-order valence-electron chi connectivity index (χ1n) is 9.91. The first-order chi connectivity index (χ1) is 14.6.